The van der Waals surface area contributed by atoms with Gasteiger partial charge in [-0.2, -0.15) is 0 Å². The highest BCUT2D eigenvalue weighted by Crippen LogP contribution is 2.26. The SMILES string of the molecule is COc1ccc(C(=O)Nc2ccc(-c3nc4ccccc4[nH]3)cc2)c(OC)c1. The molecule has 4 rings (SSSR count). The van der Waals surface area contributed by atoms with Crippen molar-refractivity contribution in [2.24, 2.45) is 0 Å². The fraction of sp³-hybridized carbons (Fsp3) is 0.0909. The van der Waals surface area contributed by atoms with Crippen molar-refractivity contribution in [3.05, 3.63) is 72.3 Å². The minimum absolute atomic E-state index is 0.254. The van der Waals surface area contributed by atoms with Gasteiger partial charge in [-0.3, -0.25) is 4.79 Å². The summed E-state index contributed by atoms with van der Waals surface area (Å²) in [5.41, 5.74) is 3.96. The second-order valence-corrected chi connectivity index (χ2v) is 6.20. The molecule has 0 aliphatic carbocycles. The molecule has 0 spiro atoms. The molecule has 0 atom stereocenters. The zero-order valence-electron chi connectivity index (χ0n) is 15.5. The molecule has 3 aromatic carbocycles. The molecule has 0 fully saturated rings. The van der Waals surface area contributed by atoms with Gasteiger partial charge in [-0.15, -0.1) is 0 Å². The average Bonchev–Trinajstić information content (AvgIpc) is 3.18. The summed E-state index contributed by atoms with van der Waals surface area (Å²) in [5, 5.41) is 2.89. The van der Waals surface area contributed by atoms with E-state index >= 15 is 0 Å². The van der Waals surface area contributed by atoms with Crippen molar-refractivity contribution in [2.75, 3.05) is 19.5 Å². The number of anilines is 1. The molecule has 0 radical (unpaired) electrons. The van der Waals surface area contributed by atoms with Crippen molar-refractivity contribution >= 4 is 22.6 Å². The van der Waals surface area contributed by atoms with E-state index in [1.807, 2.05) is 48.5 Å². The van der Waals surface area contributed by atoms with Crippen molar-refractivity contribution in [3.63, 3.8) is 0 Å². The fourth-order valence-corrected chi connectivity index (χ4v) is 2.99. The van der Waals surface area contributed by atoms with Crippen LogP contribution < -0.4 is 14.8 Å². The zero-order chi connectivity index (χ0) is 19.5. The first kappa shape index (κ1) is 17.6. The van der Waals surface area contributed by atoms with Crippen LogP contribution in [-0.2, 0) is 0 Å². The van der Waals surface area contributed by atoms with Crippen LogP contribution in [0.15, 0.2) is 66.7 Å². The summed E-state index contributed by atoms with van der Waals surface area (Å²) >= 11 is 0. The van der Waals surface area contributed by atoms with Crippen LogP contribution in [0.25, 0.3) is 22.4 Å². The number of aromatic nitrogens is 2. The number of carbonyl (C=O) groups is 1. The molecule has 0 unspecified atom stereocenters. The molecule has 1 heterocycles. The quantitative estimate of drug-likeness (QED) is 0.540. The van der Waals surface area contributed by atoms with E-state index in [2.05, 4.69) is 15.3 Å². The number of fused-ring (bicyclic) bond motifs is 1. The number of imidazole rings is 1. The Bertz CT molecular complexity index is 1100. The normalized spacial score (nSPS) is 10.6. The second kappa shape index (κ2) is 7.44. The summed E-state index contributed by atoms with van der Waals surface area (Å²) < 4.78 is 10.5. The number of rotatable bonds is 5. The maximum atomic E-state index is 12.6. The number of hydrogen-bond donors (Lipinski definition) is 2. The monoisotopic (exact) mass is 373 g/mol. The molecule has 140 valence electrons. The molecule has 28 heavy (non-hydrogen) atoms. The molecule has 0 saturated heterocycles. The van der Waals surface area contributed by atoms with E-state index in [1.165, 1.54) is 7.11 Å². The number of benzene rings is 3. The average molecular weight is 373 g/mol. The maximum Gasteiger partial charge on any atom is 0.259 e. The zero-order valence-corrected chi connectivity index (χ0v) is 15.5. The number of methoxy groups -OCH3 is 2. The second-order valence-electron chi connectivity index (χ2n) is 6.20. The predicted octanol–water partition coefficient (Wildman–Crippen LogP) is 4.50. The Morgan fingerprint density at radius 1 is 0.964 bits per heavy atom. The molecule has 0 bridgehead atoms. The third-order valence-corrected chi connectivity index (χ3v) is 4.46. The third kappa shape index (κ3) is 3.40. The van der Waals surface area contributed by atoms with Crippen LogP contribution in [0, 0.1) is 0 Å². The van der Waals surface area contributed by atoms with Gasteiger partial charge >= 0.3 is 0 Å². The van der Waals surface area contributed by atoms with Gasteiger partial charge in [-0.05, 0) is 48.5 Å². The van der Waals surface area contributed by atoms with Crippen LogP contribution in [0.2, 0.25) is 0 Å². The lowest BCUT2D eigenvalue weighted by Gasteiger charge is -2.11. The van der Waals surface area contributed by atoms with Crippen molar-refractivity contribution in [3.8, 4) is 22.9 Å². The Balaban J connectivity index is 1.54. The first-order valence-corrected chi connectivity index (χ1v) is 8.76. The third-order valence-electron chi connectivity index (χ3n) is 4.46. The van der Waals surface area contributed by atoms with Crippen molar-refractivity contribution in [1.82, 2.24) is 9.97 Å². The van der Waals surface area contributed by atoms with Gasteiger partial charge in [-0.25, -0.2) is 4.98 Å². The molecule has 6 nitrogen and oxygen atoms in total. The van der Waals surface area contributed by atoms with Crippen LogP contribution >= 0.6 is 0 Å². The molecule has 4 aromatic rings. The number of ether oxygens (including phenoxy) is 2. The summed E-state index contributed by atoms with van der Waals surface area (Å²) in [6.45, 7) is 0. The number of nitrogens with one attached hydrogen (secondary N) is 2. The van der Waals surface area contributed by atoms with Crippen LogP contribution in [0.1, 0.15) is 10.4 Å². The van der Waals surface area contributed by atoms with E-state index < -0.39 is 0 Å². The topological polar surface area (TPSA) is 76.2 Å². The van der Waals surface area contributed by atoms with E-state index in [1.54, 1.807) is 25.3 Å². The van der Waals surface area contributed by atoms with Crippen molar-refractivity contribution in [2.45, 2.75) is 0 Å². The van der Waals surface area contributed by atoms with E-state index in [-0.39, 0.29) is 5.91 Å². The fourth-order valence-electron chi connectivity index (χ4n) is 2.99. The summed E-state index contributed by atoms with van der Waals surface area (Å²) in [4.78, 5) is 20.5. The molecule has 1 amide bonds. The molecule has 1 aromatic heterocycles. The number of carbonyl (C=O) groups excluding carboxylic acids is 1. The molecular formula is C22H19N3O3. The molecular weight excluding hydrogens is 354 g/mol. The highest BCUT2D eigenvalue weighted by Gasteiger charge is 2.14. The van der Waals surface area contributed by atoms with Crippen molar-refractivity contribution < 1.29 is 14.3 Å². The van der Waals surface area contributed by atoms with Gasteiger partial charge < -0.3 is 19.8 Å². The molecule has 2 N–H and O–H groups in total. The lowest BCUT2D eigenvalue weighted by atomic mass is 10.1. The molecule has 0 saturated carbocycles. The number of para-hydroxylation sites is 2. The van der Waals surface area contributed by atoms with Crippen LogP contribution in [-0.4, -0.2) is 30.1 Å². The highest BCUT2D eigenvalue weighted by molar-refractivity contribution is 6.06. The van der Waals surface area contributed by atoms with Gasteiger partial charge in [0.25, 0.3) is 5.91 Å². The Morgan fingerprint density at radius 2 is 1.75 bits per heavy atom. The minimum Gasteiger partial charge on any atom is -0.497 e. The number of hydrogen-bond acceptors (Lipinski definition) is 4. The Kier molecular flexibility index (Phi) is 4.68. The lowest BCUT2D eigenvalue weighted by molar-refractivity contribution is 0.102. The van der Waals surface area contributed by atoms with E-state index in [4.69, 9.17) is 9.47 Å². The highest BCUT2D eigenvalue weighted by atomic mass is 16.5. The first-order chi connectivity index (χ1) is 13.7. The Morgan fingerprint density at radius 3 is 2.46 bits per heavy atom. The van der Waals surface area contributed by atoms with Crippen molar-refractivity contribution in [1.29, 1.82) is 0 Å². The largest absolute Gasteiger partial charge is 0.497 e. The van der Waals surface area contributed by atoms with E-state index in [0.717, 1.165) is 22.4 Å². The summed E-state index contributed by atoms with van der Waals surface area (Å²) in [6, 6.07) is 20.5. The van der Waals surface area contributed by atoms with Gasteiger partial charge in [0, 0.05) is 17.3 Å². The number of amides is 1. The van der Waals surface area contributed by atoms with Gasteiger partial charge in [0.05, 0.1) is 30.8 Å². The molecule has 0 aliphatic heterocycles. The standard InChI is InChI=1S/C22H19N3O3/c1-27-16-11-12-17(20(13-16)28-2)22(26)23-15-9-7-14(8-10-15)21-24-18-5-3-4-6-19(18)25-21/h3-13H,1-2H3,(H,23,26)(H,24,25). The first-order valence-electron chi connectivity index (χ1n) is 8.76. The van der Waals surface area contributed by atoms with Gasteiger partial charge in [0.2, 0.25) is 0 Å². The summed E-state index contributed by atoms with van der Waals surface area (Å²) in [6.07, 6.45) is 0. The maximum absolute atomic E-state index is 12.6. The molecule has 0 aliphatic rings. The van der Waals surface area contributed by atoms with Crippen LogP contribution in [0.4, 0.5) is 5.69 Å². The summed E-state index contributed by atoms with van der Waals surface area (Å²) in [7, 11) is 3.09. The van der Waals surface area contributed by atoms with Crippen LogP contribution in [0.5, 0.6) is 11.5 Å². The predicted molar refractivity (Wildman–Crippen MR) is 109 cm³/mol. The van der Waals surface area contributed by atoms with E-state index in [0.29, 0.717) is 22.7 Å². The Hall–Kier alpha value is -3.80. The van der Waals surface area contributed by atoms with Gasteiger partial charge in [0.1, 0.15) is 17.3 Å². The smallest absolute Gasteiger partial charge is 0.259 e. The number of nitrogens with zero attached hydrogens (tertiary/aromatic N) is 1. The lowest BCUT2D eigenvalue weighted by Crippen LogP contribution is -2.13. The van der Waals surface area contributed by atoms with Gasteiger partial charge in [-0.1, -0.05) is 12.1 Å². The Labute approximate surface area is 162 Å². The number of aromatic amines is 1. The summed E-state index contributed by atoms with van der Waals surface area (Å²) in [5.74, 6) is 1.62. The van der Waals surface area contributed by atoms with E-state index in [9.17, 15) is 4.79 Å². The number of H-pyrrole nitrogens is 1. The van der Waals surface area contributed by atoms with Crippen LogP contribution in [0.3, 0.4) is 0 Å². The molecule has 6 heteroatoms. The van der Waals surface area contributed by atoms with Gasteiger partial charge in [0.15, 0.2) is 0 Å². The minimum atomic E-state index is -0.254.